The van der Waals surface area contributed by atoms with Crippen LogP contribution >= 0.6 is 0 Å². The van der Waals surface area contributed by atoms with Gasteiger partial charge in [-0.3, -0.25) is 0 Å². The number of hydrogen-bond donors (Lipinski definition) is 1. The molecule has 18 heavy (non-hydrogen) atoms. The molecule has 1 fully saturated rings. The van der Waals surface area contributed by atoms with Crippen LogP contribution in [0, 0.1) is 11.8 Å². The third kappa shape index (κ3) is 7.38. The molecule has 0 aliphatic heterocycles. The molecule has 2 nitrogen and oxygen atoms in total. The van der Waals surface area contributed by atoms with Crippen molar-refractivity contribution in [2.75, 3.05) is 19.8 Å². The lowest BCUT2D eigenvalue weighted by atomic mass is 9.83. The summed E-state index contributed by atoms with van der Waals surface area (Å²) in [5, 5.41) is 3.65. The predicted molar refractivity (Wildman–Crippen MR) is 78.9 cm³/mol. The first-order chi connectivity index (χ1) is 8.72. The fourth-order valence-corrected chi connectivity index (χ4v) is 2.82. The molecule has 2 heteroatoms. The van der Waals surface area contributed by atoms with Gasteiger partial charge in [0.2, 0.25) is 0 Å². The Balaban J connectivity index is 1.91. The Morgan fingerprint density at radius 2 is 1.83 bits per heavy atom. The first-order valence-corrected chi connectivity index (χ1v) is 8.03. The smallest absolute Gasteiger partial charge is 0.0591 e. The van der Waals surface area contributed by atoms with Gasteiger partial charge in [-0.2, -0.15) is 0 Å². The van der Waals surface area contributed by atoms with E-state index in [1.165, 1.54) is 44.9 Å². The van der Waals surface area contributed by atoms with E-state index in [9.17, 15) is 0 Å². The number of ether oxygens (including phenoxy) is 1. The van der Waals surface area contributed by atoms with Crippen molar-refractivity contribution in [3.05, 3.63) is 0 Å². The van der Waals surface area contributed by atoms with Crippen LogP contribution in [0.15, 0.2) is 0 Å². The van der Waals surface area contributed by atoms with Crippen LogP contribution in [0.3, 0.4) is 0 Å². The minimum atomic E-state index is 0.756. The van der Waals surface area contributed by atoms with Gasteiger partial charge in [-0.25, -0.2) is 0 Å². The first kappa shape index (κ1) is 16.0. The van der Waals surface area contributed by atoms with Crippen molar-refractivity contribution in [1.29, 1.82) is 0 Å². The Bertz CT molecular complexity index is 186. The summed E-state index contributed by atoms with van der Waals surface area (Å²) in [4.78, 5) is 0. The second kappa shape index (κ2) is 9.80. The van der Waals surface area contributed by atoms with Crippen LogP contribution in [0.4, 0.5) is 0 Å². The average molecular weight is 255 g/mol. The fraction of sp³-hybridized carbons (Fsp3) is 1.00. The van der Waals surface area contributed by atoms with Crippen molar-refractivity contribution >= 4 is 0 Å². The fourth-order valence-electron chi connectivity index (χ4n) is 2.82. The summed E-state index contributed by atoms with van der Waals surface area (Å²) in [5.41, 5.74) is 0. The normalized spacial score (nSPS) is 24.7. The lowest BCUT2D eigenvalue weighted by Crippen LogP contribution is -2.35. The van der Waals surface area contributed by atoms with Crippen molar-refractivity contribution in [3.63, 3.8) is 0 Å². The largest absolute Gasteiger partial charge is 0.380 e. The van der Waals surface area contributed by atoms with E-state index in [4.69, 9.17) is 4.74 Å². The van der Waals surface area contributed by atoms with Crippen molar-refractivity contribution in [2.24, 2.45) is 11.8 Å². The minimum absolute atomic E-state index is 0.756. The lowest BCUT2D eigenvalue weighted by Gasteiger charge is -2.29. The van der Waals surface area contributed by atoms with Crippen LogP contribution in [0.2, 0.25) is 0 Å². The second-order valence-corrected chi connectivity index (χ2v) is 6.26. The molecule has 0 spiro atoms. The van der Waals surface area contributed by atoms with Crippen LogP contribution in [0.25, 0.3) is 0 Å². The van der Waals surface area contributed by atoms with Gasteiger partial charge < -0.3 is 10.1 Å². The molecular weight excluding hydrogens is 222 g/mol. The molecule has 0 aromatic heterocycles. The molecular formula is C16H33NO. The number of rotatable bonds is 9. The number of nitrogens with one attached hydrogen (secondary N) is 1. The highest BCUT2D eigenvalue weighted by molar-refractivity contribution is 4.76. The van der Waals surface area contributed by atoms with E-state index in [1.54, 1.807) is 0 Å². The topological polar surface area (TPSA) is 21.3 Å². The maximum atomic E-state index is 5.63. The highest BCUT2D eigenvalue weighted by Crippen LogP contribution is 2.27. The van der Waals surface area contributed by atoms with Crippen LogP contribution in [-0.2, 0) is 4.74 Å². The molecule has 0 aromatic rings. The maximum Gasteiger partial charge on any atom is 0.0591 e. The molecule has 0 unspecified atom stereocenters. The quantitative estimate of drug-likeness (QED) is 0.629. The van der Waals surface area contributed by atoms with Gasteiger partial charge >= 0.3 is 0 Å². The molecule has 1 rings (SSSR count). The first-order valence-electron chi connectivity index (χ1n) is 8.03. The molecule has 0 amide bonds. The van der Waals surface area contributed by atoms with Gasteiger partial charge in [0.15, 0.2) is 0 Å². The van der Waals surface area contributed by atoms with Crippen molar-refractivity contribution in [3.8, 4) is 0 Å². The average Bonchev–Trinajstić information content (AvgIpc) is 2.35. The zero-order valence-electron chi connectivity index (χ0n) is 12.7. The molecule has 0 atom stereocenters. The van der Waals surface area contributed by atoms with Crippen LogP contribution < -0.4 is 5.32 Å². The molecule has 0 saturated heterocycles. The summed E-state index contributed by atoms with van der Waals surface area (Å²) in [6.45, 7) is 9.62. The monoisotopic (exact) mass is 255 g/mol. The Morgan fingerprint density at radius 1 is 1.11 bits per heavy atom. The summed E-state index contributed by atoms with van der Waals surface area (Å²) in [5.74, 6) is 1.77. The van der Waals surface area contributed by atoms with Crippen molar-refractivity contribution in [2.45, 2.75) is 71.8 Å². The molecule has 0 aromatic carbocycles. The Hall–Kier alpha value is -0.0800. The molecule has 1 aliphatic carbocycles. The second-order valence-electron chi connectivity index (χ2n) is 6.26. The Morgan fingerprint density at radius 3 is 2.44 bits per heavy atom. The molecule has 1 saturated carbocycles. The maximum absolute atomic E-state index is 5.63. The molecule has 1 N–H and O–H groups in total. The summed E-state index contributed by atoms with van der Waals surface area (Å²) < 4.78 is 5.63. The third-order valence-corrected chi connectivity index (χ3v) is 4.06. The zero-order valence-corrected chi connectivity index (χ0v) is 12.7. The molecule has 1 aliphatic rings. The Kier molecular flexibility index (Phi) is 8.70. The van der Waals surface area contributed by atoms with Gasteiger partial charge in [-0.05, 0) is 43.9 Å². The molecule has 108 valence electrons. The summed E-state index contributed by atoms with van der Waals surface area (Å²) in [6.07, 6.45) is 9.58. The highest BCUT2D eigenvalue weighted by Gasteiger charge is 2.19. The van der Waals surface area contributed by atoms with E-state index in [2.05, 4.69) is 26.1 Å². The number of hydrogen-bond acceptors (Lipinski definition) is 2. The van der Waals surface area contributed by atoms with Gasteiger partial charge in [-0.1, -0.05) is 33.6 Å². The van der Waals surface area contributed by atoms with Crippen LogP contribution in [0.1, 0.15) is 65.7 Å². The van der Waals surface area contributed by atoms with E-state index in [0.717, 1.165) is 37.6 Å². The zero-order chi connectivity index (χ0) is 13.2. The third-order valence-electron chi connectivity index (χ3n) is 4.06. The summed E-state index contributed by atoms with van der Waals surface area (Å²) in [7, 11) is 0. The summed E-state index contributed by atoms with van der Waals surface area (Å²) in [6, 6.07) is 0.756. The Labute approximate surface area is 114 Å². The highest BCUT2D eigenvalue weighted by atomic mass is 16.5. The van der Waals surface area contributed by atoms with E-state index in [0.29, 0.717) is 0 Å². The van der Waals surface area contributed by atoms with Crippen molar-refractivity contribution in [1.82, 2.24) is 5.32 Å². The van der Waals surface area contributed by atoms with E-state index in [-0.39, 0.29) is 0 Å². The van der Waals surface area contributed by atoms with Gasteiger partial charge in [0, 0.05) is 19.2 Å². The van der Waals surface area contributed by atoms with Gasteiger partial charge in [-0.15, -0.1) is 0 Å². The van der Waals surface area contributed by atoms with Gasteiger partial charge in [0.25, 0.3) is 0 Å². The van der Waals surface area contributed by atoms with Crippen LogP contribution in [0.5, 0.6) is 0 Å². The van der Waals surface area contributed by atoms with Gasteiger partial charge in [0.05, 0.1) is 6.61 Å². The SMILES string of the molecule is CCCC1CCC(NCCOCCC(C)C)CC1. The van der Waals surface area contributed by atoms with Crippen LogP contribution in [-0.4, -0.2) is 25.8 Å². The summed E-state index contributed by atoms with van der Waals surface area (Å²) >= 11 is 0. The van der Waals surface area contributed by atoms with E-state index in [1.807, 2.05) is 0 Å². The molecule has 0 bridgehead atoms. The predicted octanol–water partition coefficient (Wildman–Crippen LogP) is 4.00. The van der Waals surface area contributed by atoms with E-state index < -0.39 is 0 Å². The molecule has 0 radical (unpaired) electrons. The molecule has 0 heterocycles. The van der Waals surface area contributed by atoms with E-state index >= 15 is 0 Å². The lowest BCUT2D eigenvalue weighted by molar-refractivity contribution is 0.121. The van der Waals surface area contributed by atoms with Crippen molar-refractivity contribution < 1.29 is 4.74 Å². The van der Waals surface area contributed by atoms with Gasteiger partial charge in [0.1, 0.15) is 0 Å². The minimum Gasteiger partial charge on any atom is -0.380 e. The standard InChI is InChI=1S/C16H33NO/c1-4-5-15-6-8-16(9-7-15)17-11-13-18-12-10-14(2)3/h14-17H,4-13H2,1-3H3.